The molecule has 1 unspecified atom stereocenters. The topological polar surface area (TPSA) is 68.3 Å². The van der Waals surface area contributed by atoms with Gasteiger partial charge in [0.05, 0.1) is 12.6 Å². The van der Waals surface area contributed by atoms with Crippen molar-refractivity contribution in [3.05, 3.63) is 35.9 Å². The van der Waals surface area contributed by atoms with Crippen molar-refractivity contribution in [2.45, 2.75) is 63.3 Å². The number of nitrogens with zero attached hydrogens (tertiary/aromatic N) is 2. The monoisotopic (exact) mass is 404 g/mol. The molecular weight excluding hydrogens is 372 g/mol. The number of likely N-dealkylation sites (tertiary alicyclic amines) is 1. The molecule has 1 aromatic carbocycles. The summed E-state index contributed by atoms with van der Waals surface area (Å²) >= 11 is 0. The zero-order chi connectivity index (χ0) is 20.6. The van der Waals surface area contributed by atoms with E-state index in [1.54, 1.807) is 7.11 Å². The van der Waals surface area contributed by atoms with E-state index >= 15 is 0 Å². The fourth-order valence-corrected chi connectivity index (χ4v) is 4.20. The third-order valence-electron chi connectivity index (χ3n) is 5.88. The first kappa shape index (κ1) is 21.6. The first-order chi connectivity index (χ1) is 14.1. The first-order valence-electron chi connectivity index (χ1n) is 10.4. The number of likely N-dealkylation sites (N-methyl/N-ethyl adjacent to an activating group) is 1. The maximum Gasteiger partial charge on any atom is 0.410 e. The number of carbonyl (C=O) groups excluding carboxylic acids is 2. The van der Waals surface area contributed by atoms with Gasteiger partial charge in [-0.2, -0.15) is 0 Å². The summed E-state index contributed by atoms with van der Waals surface area (Å²) < 4.78 is 16.1. The van der Waals surface area contributed by atoms with Crippen molar-refractivity contribution < 1.29 is 23.8 Å². The summed E-state index contributed by atoms with van der Waals surface area (Å²) in [6.45, 7) is 0.641. The van der Waals surface area contributed by atoms with Crippen LogP contribution in [0.5, 0.6) is 0 Å². The van der Waals surface area contributed by atoms with Crippen LogP contribution >= 0.6 is 0 Å². The fourth-order valence-electron chi connectivity index (χ4n) is 4.20. The highest BCUT2D eigenvalue weighted by molar-refractivity contribution is 5.86. The van der Waals surface area contributed by atoms with Crippen LogP contribution in [0, 0.1) is 0 Å². The van der Waals surface area contributed by atoms with Crippen LogP contribution in [0.25, 0.3) is 0 Å². The number of amides is 2. The lowest BCUT2D eigenvalue weighted by Gasteiger charge is -2.34. The molecule has 1 saturated heterocycles. The van der Waals surface area contributed by atoms with Gasteiger partial charge in [-0.15, -0.1) is 0 Å². The van der Waals surface area contributed by atoms with Gasteiger partial charge in [-0.25, -0.2) is 4.79 Å². The predicted octanol–water partition coefficient (Wildman–Crippen LogP) is 3.18. The molecule has 7 nitrogen and oxygen atoms in total. The van der Waals surface area contributed by atoms with Crippen molar-refractivity contribution in [1.29, 1.82) is 0 Å². The smallest absolute Gasteiger partial charge is 0.410 e. The minimum absolute atomic E-state index is 0.0305. The van der Waals surface area contributed by atoms with Crippen molar-refractivity contribution >= 4 is 12.0 Å². The number of hydrogen-bond acceptors (Lipinski definition) is 5. The van der Waals surface area contributed by atoms with Gasteiger partial charge in [-0.1, -0.05) is 49.6 Å². The maximum absolute atomic E-state index is 13.2. The Bertz CT molecular complexity index is 662. The minimum atomic E-state index is -0.563. The summed E-state index contributed by atoms with van der Waals surface area (Å²) in [7, 11) is 3.41. The molecule has 0 bridgehead atoms. The number of hydrogen-bond donors (Lipinski definition) is 0. The Morgan fingerprint density at radius 1 is 1.14 bits per heavy atom. The van der Waals surface area contributed by atoms with E-state index < -0.39 is 12.1 Å². The summed E-state index contributed by atoms with van der Waals surface area (Å²) in [5, 5.41) is 0. The van der Waals surface area contributed by atoms with Crippen LogP contribution in [0.1, 0.15) is 44.1 Å². The highest BCUT2D eigenvalue weighted by Gasteiger charge is 2.43. The molecule has 2 fully saturated rings. The second-order valence-corrected chi connectivity index (χ2v) is 7.88. The second-order valence-electron chi connectivity index (χ2n) is 7.88. The molecule has 1 aliphatic heterocycles. The van der Waals surface area contributed by atoms with Crippen LogP contribution in [-0.2, 0) is 25.6 Å². The van der Waals surface area contributed by atoms with Crippen molar-refractivity contribution in [2.75, 3.05) is 27.5 Å². The number of ether oxygens (including phenoxy) is 3. The van der Waals surface area contributed by atoms with Gasteiger partial charge >= 0.3 is 6.09 Å². The molecule has 0 radical (unpaired) electrons. The molecule has 2 atom stereocenters. The quantitative estimate of drug-likeness (QED) is 0.653. The SMILES string of the molecule is COCOC1C[C@H](C(=O)N(C)C2CCCCC2)N(C(=O)OCc2ccccc2)C1. The van der Waals surface area contributed by atoms with Crippen LogP contribution in [0.3, 0.4) is 0 Å². The molecule has 1 saturated carbocycles. The van der Waals surface area contributed by atoms with Crippen LogP contribution in [0.15, 0.2) is 30.3 Å². The van der Waals surface area contributed by atoms with Gasteiger partial charge in [0.15, 0.2) is 0 Å². The fraction of sp³-hybridized carbons (Fsp3) is 0.636. The number of carbonyl (C=O) groups is 2. The molecule has 0 spiro atoms. The van der Waals surface area contributed by atoms with Gasteiger partial charge in [0.2, 0.25) is 5.91 Å². The van der Waals surface area contributed by atoms with Gasteiger partial charge < -0.3 is 19.1 Å². The molecule has 3 rings (SSSR count). The Balaban J connectivity index is 1.65. The van der Waals surface area contributed by atoms with E-state index in [1.165, 1.54) is 11.3 Å². The molecule has 1 heterocycles. The normalized spacial score (nSPS) is 22.5. The van der Waals surface area contributed by atoms with E-state index in [0.717, 1.165) is 31.2 Å². The Labute approximate surface area is 172 Å². The second kappa shape index (κ2) is 10.6. The summed E-state index contributed by atoms with van der Waals surface area (Å²) in [4.78, 5) is 29.4. The molecule has 7 heteroatoms. The Hall–Kier alpha value is -2.12. The van der Waals surface area contributed by atoms with E-state index in [2.05, 4.69) is 0 Å². The number of benzene rings is 1. The zero-order valence-corrected chi connectivity index (χ0v) is 17.4. The van der Waals surface area contributed by atoms with Gasteiger partial charge in [0, 0.05) is 26.6 Å². The van der Waals surface area contributed by atoms with Crippen LogP contribution in [0.4, 0.5) is 4.79 Å². The molecule has 1 aliphatic carbocycles. The van der Waals surface area contributed by atoms with Crippen LogP contribution in [-0.4, -0.2) is 67.5 Å². The average molecular weight is 405 g/mol. The lowest BCUT2D eigenvalue weighted by molar-refractivity contribution is -0.137. The van der Waals surface area contributed by atoms with Gasteiger partial charge in [-0.3, -0.25) is 9.69 Å². The van der Waals surface area contributed by atoms with E-state index in [-0.39, 0.29) is 31.5 Å². The molecule has 2 amide bonds. The third-order valence-corrected chi connectivity index (χ3v) is 5.88. The van der Waals surface area contributed by atoms with E-state index in [9.17, 15) is 9.59 Å². The lowest BCUT2D eigenvalue weighted by atomic mass is 9.94. The summed E-state index contributed by atoms with van der Waals surface area (Å²) in [6, 6.07) is 9.21. The van der Waals surface area contributed by atoms with Crippen molar-refractivity contribution in [3.8, 4) is 0 Å². The van der Waals surface area contributed by atoms with Crippen molar-refractivity contribution in [3.63, 3.8) is 0 Å². The summed E-state index contributed by atoms with van der Waals surface area (Å²) in [5.74, 6) is -0.0305. The van der Waals surface area contributed by atoms with Crippen molar-refractivity contribution in [1.82, 2.24) is 9.80 Å². The first-order valence-corrected chi connectivity index (χ1v) is 10.4. The van der Waals surface area contributed by atoms with Gasteiger partial charge in [0.25, 0.3) is 0 Å². The number of rotatable bonds is 7. The van der Waals surface area contributed by atoms with Crippen LogP contribution < -0.4 is 0 Å². The van der Waals surface area contributed by atoms with E-state index in [0.29, 0.717) is 13.0 Å². The highest BCUT2D eigenvalue weighted by Crippen LogP contribution is 2.27. The molecule has 0 N–H and O–H groups in total. The molecule has 2 aliphatic rings. The predicted molar refractivity (Wildman–Crippen MR) is 108 cm³/mol. The zero-order valence-electron chi connectivity index (χ0n) is 17.4. The van der Waals surface area contributed by atoms with Crippen LogP contribution in [0.2, 0.25) is 0 Å². The molecule has 160 valence electrons. The lowest BCUT2D eigenvalue weighted by Crippen LogP contribution is -2.50. The molecule has 29 heavy (non-hydrogen) atoms. The molecule has 0 aromatic heterocycles. The Kier molecular flexibility index (Phi) is 7.89. The van der Waals surface area contributed by atoms with E-state index in [4.69, 9.17) is 14.2 Å². The van der Waals surface area contributed by atoms with Gasteiger partial charge in [-0.05, 0) is 18.4 Å². The Morgan fingerprint density at radius 3 is 2.55 bits per heavy atom. The minimum Gasteiger partial charge on any atom is -0.445 e. The highest BCUT2D eigenvalue weighted by atomic mass is 16.7. The van der Waals surface area contributed by atoms with Gasteiger partial charge in [0.1, 0.15) is 19.4 Å². The standard InChI is InChI=1S/C22H32N2O5/c1-23(18-11-7-4-8-12-18)21(25)20-13-19(29-16-27-2)14-24(20)22(26)28-15-17-9-5-3-6-10-17/h3,5-6,9-10,18-20H,4,7-8,11-16H2,1-2H3/t19?,20-/m1/s1. The summed E-state index contributed by atoms with van der Waals surface area (Å²) in [5.41, 5.74) is 0.912. The third kappa shape index (κ3) is 5.70. The molecular formula is C22H32N2O5. The average Bonchev–Trinajstić information content (AvgIpc) is 3.20. The van der Waals surface area contributed by atoms with E-state index in [1.807, 2.05) is 42.3 Å². The van der Waals surface area contributed by atoms with Crippen molar-refractivity contribution in [2.24, 2.45) is 0 Å². The number of methoxy groups -OCH3 is 1. The maximum atomic E-state index is 13.2. The largest absolute Gasteiger partial charge is 0.445 e. The summed E-state index contributed by atoms with van der Waals surface area (Å²) in [6.07, 6.45) is 5.31. The Morgan fingerprint density at radius 2 is 1.86 bits per heavy atom. The molecule has 1 aromatic rings.